The molecule has 0 fully saturated rings. The molecule has 0 aliphatic heterocycles. The molecule has 3 N–H and O–H groups in total. The fraction of sp³-hybridized carbons (Fsp3) is 0.182. The Morgan fingerprint density at radius 2 is 2.12 bits per heavy atom. The zero-order chi connectivity index (χ0) is 12.4. The van der Waals surface area contributed by atoms with Crippen molar-refractivity contribution in [1.29, 1.82) is 0 Å². The Labute approximate surface area is 102 Å². The molecule has 0 saturated carbocycles. The van der Waals surface area contributed by atoms with Gasteiger partial charge in [0, 0.05) is 12.0 Å². The van der Waals surface area contributed by atoms with Crippen LogP contribution in [0.5, 0.6) is 0 Å². The highest BCUT2D eigenvalue weighted by molar-refractivity contribution is 6.31. The van der Waals surface area contributed by atoms with Crippen LogP contribution in [-0.4, -0.2) is 16.5 Å². The van der Waals surface area contributed by atoms with Crippen molar-refractivity contribution in [2.24, 2.45) is 5.73 Å². The standard InChI is InChI=1S/C11H10ClF2N3/c12-11-10(16-9(17-11)3-4-15)7-5-6(13)1-2-8(7)14/h1-2,5H,3-4,15H2,(H,16,17). The molecular weight excluding hydrogens is 248 g/mol. The molecule has 0 unspecified atom stereocenters. The van der Waals surface area contributed by atoms with E-state index < -0.39 is 11.6 Å². The van der Waals surface area contributed by atoms with E-state index in [0.717, 1.165) is 18.2 Å². The highest BCUT2D eigenvalue weighted by Gasteiger charge is 2.14. The van der Waals surface area contributed by atoms with Gasteiger partial charge in [0.1, 0.15) is 28.3 Å². The molecule has 0 radical (unpaired) electrons. The van der Waals surface area contributed by atoms with Crippen molar-refractivity contribution in [2.75, 3.05) is 6.54 Å². The van der Waals surface area contributed by atoms with E-state index in [-0.39, 0.29) is 16.4 Å². The molecule has 0 spiro atoms. The fourth-order valence-corrected chi connectivity index (χ4v) is 1.76. The normalized spacial score (nSPS) is 10.8. The topological polar surface area (TPSA) is 54.7 Å². The molecule has 1 aromatic carbocycles. The molecule has 0 aliphatic carbocycles. The molecule has 0 saturated heterocycles. The summed E-state index contributed by atoms with van der Waals surface area (Å²) in [7, 11) is 0. The van der Waals surface area contributed by atoms with Crippen LogP contribution in [0, 0.1) is 11.6 Å². The maximum Gasteiger partial charge on any atom is 0.134 e. The van der Waals surface area contributed by atoms with Gasteiger partial charge < -0.3 is 10.7 Å². The number of benzene rings is 1. The highest BCUT2D eigenvalue weighted by Crippen LogP contribution is 2.28. The molecule has 2 rings (SSSR count). The van der Waals surface area contributed by atoms with Crippen LogP contribution in [0.3, 0.4) is 0 Å². The minimum atomic E-state index is -0.570. The van der Waals surface area contributed by atoms with E-state index in [1.807, 2.05) is 0 Å². The van der Waals surface area contributed by atoms with Crippen LogP contribution >= 0.6 is 11.6 Å². The van der Waals surface area contributed by atoms with Gasteiger partial charge in [0.05, 0.1) is 0 Å². The van der Waals surface area contributed by atoms with Crippen LogP contribution in [0.25, 0.3) is 11.3 Å². The maximum atomic E-state index is 13.5. The summed E-state index contributed by atoms with van der Waals surface area (Å²) >= 11 is 5.89. The lowest BCUT2D eigenvalue weighted by Gasteiger charge is -2.00. The molecule has 0 amide bonds. The Balaban J connectivity index is 2.48. The molecular formula is C11H10ClF2N3. The monoisotopic (exact) mass is 257 g/mol. The van der Waals surface area contributed by atoms with E-state index in [2.05, 4.69) is 9.97 Å². The Bertz CT molecular complexity index is 540. The number of imidazole rings is 1. The molecule has 0 atom stereocenters. The quantitative estimate of drug-likeness (QED) is 0.888. The molecule has 1 aromatic heterocycles. The van der Waals surface area contributed by atoms with Crippen molar-refractivity contribution in [2.45, 2.75) is 6.42 Å². The second-order valence-corrected chi connectivity index (χ2v) is 3.89. The van der Waals surface area contributed by atoms with E-state index in [0.29, 0.717) is 18.8 Å². The Kier molecular flexibility index (Phi) is 3.40. The number of nitrogens with two attached hydrogens (primary N) is 1. The predicted octanol–water partition coefficient (Wildman–Crippen LogP) is 2.51. The second kappa shape index (κ2) is 4.81. The van der Waals surface area contributed by atoms with Crippen molar-refractivity contribution in [3.05, 3.63) is 40.8 Å². The number of hydrogen-bond donors (Lipinski definition) is 2. The van der Waals surface area contributed by atoms with E-state index in [1.54, 1.807) is 0 Å². The summed E-state index contributed by atoms with van der Waals surface area (Å²) in [4.78, 5) is 6.87. The molecule has 0 aliphatic rings. The molecule has 2 aromatic rings. The van der Waals surface area contributed by atoms with Gasteiger partial charge in [0.25, 0.3) is 0 Å². The SMILES string of the molecule is NCCc1nc(-c2cc(F)ccc2F)c(Cl)[nH]1. The molecule has 17 heavy (non-hydrogen) atoms. The van der Waals surface area contributed by atoms with Crippen molar-refractivity contribution in [3.63, 3.8) is 0 Å². The zero-order valence-corrected chi connectivity index (χ0v) is 9.56. The summed E-state index contributed by atoms with van der Waals surface area (Å²) in [5.41, 5.74) is 5.61. The average Bonchev–Trinajstić information content (AvgIpc) is 2.64. The summed E-state index contributed by atoms with van der Waals surface area (Å²) in [5, 5.41) is 0.179. The first-order chi connectivity index (χ1) is 8.11. The van der Waals surface area contributed by atoms with Crippen molar-refractivity contribution in [3.8, 4) is 11.3 Å². The Morgan fingerprint density at radius 1 is 1.35 bits per heavy atom. The summed E-state index contributed by atoms with van der Waals surface area (Å²) in [6.45, 7) is 0.398. The smallest absolute Gasteiger partial charge is 0.134 e. The third kappa shape index (κ3) is 2.45. The summed E-state index contributed by atoms with van der Waals surface area (Å²) in [5.74, 6) is -0.559. The van der Waals surface area contributed by atoms with Crippen molar-refractivity contribution >= 4 is 11.6 Å². The Morgan fingerprint density at radius 3 is 2.82 bits per heavy atom. The van der Waals surface area contributed by atoms with Crippen LogP contribution in [0.1, 0.15) is 5.82 Å². The molecule has 90 valence electrons. The number of aromatic amines is 1. The summed E-state index contributed by atoms with van der Waals surface area (Å²) in [6.07, 6.45) is 0.497. The van der Waals surface area contributed by atoms with Crippen molar-refractivity contribution < 1.29 is 8.78 Å². The molecule has 6 heteroatoms. The molecule has 1 heterocycles. The zero-order valence-electron chi connectivity index (χ0n) is 8.80. The number of hydrogen-bond acceptors (Lipinski definition) is 2. The first kappa shape index (κ1) is 12.0. The van der Waals surface area contributed by atoms with E-state index in [1.165, 1.54) is 0 Å². The third-order valence-electron chi connectivity index (χ3n) is 2.27. The van der Waals surface area contributed by atoms with Gasteiger partial charge in [0.15, 0.2) is 0 Å². The van der Waals surface area contributed by atoms with Gasteiger partial charge in [-0.25, -0.2) is 13.8 Å². The van der Waals surface area contributed by atoms with Crippen molar-refractivity contribution in [1.82, 2.24) is 9.97 Å². The number of nitrogens with one attached hydrogen (secondary N) is 1. The predicted molar refractivity (Wildman–Crippen MR) is 61.7 cm³/mol. The number of rotatable bonds is 3. The summed E-state index contributed by atoms with van der Waals surface area (Å²) < 4.78 is 26.6. The minimum Gasteiger partial charge on any atom is -0.332 e. The highest BCUT2D eigenvalue weighted by atomic mass is 35.5. The van der Waals surface area contributed by atoms with Crippen LogP contribution in [-0.2, 0) is 6.42 Å². The number of halogens is 3. The van der Waals surface area contributed by atoms with Gasteiger partial charge in [-0.2, -0.15) is 0 Å². The lowest BCUT2D eigenvalue weighted by atomic mass is 10.1. The number of H-pyrrole nitrogens is 1. The minimum absolute atomic E-state index is 0.0366. The van der Waals surface area contributed by atoms with Crippen LogP contribution in [0.4, 0.5) is 8.78 Å². The lowest BCUT2D eigenvalue weighted by Crippen LogP contribution is -2.03. The summed E-state index contributed by atoms with van der Waals surface area (Å²) in [6, 6.07) is 3.14. The van der Waals surface area contributed by atoms with Gasteiger partial charge in [-0.15, -0.1) is 0 Å². The third-order valence-corrected chi connectivity index (χ3v) is 2.55. The van der Waals surface area contributed by atoms with Gasteiger partial charge in [0.2, 0.25) is 0 Å². The first-order valence-corrected chi connectivity index (χ1v) is 5.39. The van der Waals surface area contributed by atoms with Gasteiger partial charge in [-0.1, -0.05) is 11.6 Å². The van der Waals surface area contributed by atoms with E-state index >= 15 is 0 Å². The second-order valence-electron chi connectivity index (χ2n) is 3.51. The molecule has 3 nitrogen and oxygen atoms in total. The largest absolute Gasteiger partial charge is 0.332 e. The number of aromatic nitrogens is 2. The first-order valence-electron chi connectivity index (χ1n) is 5.01. The van der Waals surface area contributed by atoms with Crippen LogP contribution < -0.4 is 5.73 Å². The maximum absolute atomic E-state index is 13.5. The van der Waals surface area contributed by atoms with Crippen LogP contribution in [0.2, 0.25) is 5.15 Å². The molecule has 0 bridgehead atoms. The van der Waals surface area contributed by atoms with Gasteiger partial charge in [-0.05, 0) is 24.7 Å². The van der Waals surface area contributed by atoms with Crippen LogP contribution in [0.15, 0.2) is 18.2 Å². The fourth-order valence-electron chi connectivity index (χ4n) is 1.51. The van der Waals surface area contributed by atoms with E-state index in [4.69, 9.17) is 17.3 Å². The number of nitrogens with zero attached hydrogens (tertiary/aromatic N) is 1. The van der Waals surface area contributed by atoms with Gasteiger partial charge in [-0.3, -0.25) is 0 Å². The van der Waals surface area contributed by atoms with Gasteiger partial charge >= 0.3 is 0 Å². The Hall–Kier alpha value is -1.46. The van der Waals surface area contributed by atoms with E-state index in [9.17, 15) is 8.78 Å². The average molecular weight is 258 g/mol. The lowest BCUT2D eigenvalue weighted by molar-refractivity contribution is 0.602.